The van der Waals surface area contributed by atoms with Crippen molar-refractivity contribution < 1.29 is 37.8 Å². The average molecular weight is 867 g/mol. The Bertz CT molecular complexity index is 1970. The van der Waals surface area contributed by atoms with Gasteiger partial charge in [-0.05, 0) is 159 Å². The van der Waals surface area contributed by atoms with Crippen LogP contribution in [0.2, 0.25) is 10.0 Å². The van der Waals surface area contributed by atoms with Gasteiger partial charge in [-0.15, -0.1) is 0 Å². The van der Waals surface area contributed by atoms with Crippen LogP contribution in [-0.4, -0.2) is 44.3 Å². The molecule has 0 radical (unpaired) electrons. The van der Waals surface area contributed by atoms with Crippen LogP contribution in [0, 0.1) is 81.3 Å². The van der Waals surface area contributed by atoms with Gasteiger partial charge in [0.2, 0.25) is 0 Å². The highest BCUT2D eigenvalue weighted by molar-refractivity contribution is 7.48. The number of aliphatic hydroxyl groups is 1. The van der Waals surface area contributed by atoms with Crippen molar-refractivity contribution >= 4 is 42.5 Å². The molecule has 0 aromatic heterocycles. The fourth-order valence-corrected chi connectivity index (χ4v) is 12.5. The summed E-state index contributed by atoms with van der Waals surface area (Å²) in [4.78, 5) is 0. The molecule has 8 aliphatic carbocycles. The first-order valence-corrected chi connectivity index (χ1v) is 22.9. The van der Waals surface area contributed by atoms with Crippen LogP contribution in [-0.2, 0) is 23.1 Å². The number of hydrogen-bond acceptors (Lipinski definition) is 11. The number of aromatic hydroxyl groups is 1. The van der Waals surface area contributed by atoms with E-state index in [4.69, 9.17) is 67.1 Å². The summed E-state index contributed by atoms with van der Waals surface area (Å²) in [6.07, 6.45) is 13.3. The standard InChI is InChI=1S/C24H28ClN2O5P.C18H21ClO2.C3H5NO/c1-29-24(23-19-11-16-10-17(13-19)14-20(23)12-16)18-4-5-21(25)22(15-18)32-33(28,30-8-2-6-26)31-9-3-7-27;1-21-18(12-2-3-15(19)16(20)9-12)17-13-5-10-4-11(7-13)8-14(17)6-10;4-2-1-3-5/h4-5,15-17,19-20H,2-3,8-14H2,1H3;2-3,9-11,13-14,20H,4-8H2,1H3;5H,1,3H2. The molecule has 11 nitrogen and oxygen atoms in total. The normalized spacial score (nSPS) is 26.6. The number of phosphoric acid groups is 1. The van der Waals surface area contributed by atoms with E-state index in [-0.39, 0.29) is 55.6 Å². The van der Waals surface area contributed by atoms with E-state index in [0.29, 0.717) is 28.7 Å². The number of methoxy groups -OCH3 is 2. The van der Waals surface area contributed by atoms with Gasteiger partial charge in [0.05, 0.1) is 81.6 Å². The largest absolute Gasteiger partial charge is 0.530 e. The maximum Gasteiger partial charge on any atom is 0.530 e. The average Bonchev–Trinajstić information content (AvgIpc) is 3.20. The number of benzene rings is 2. The Hall–Kier alpha value is -3.72. The maximum atomic E-state index is 13.1. The van der Waals surface area contributed by atoms with Crippen molar-refractivity contribution in [1.29, 1.82) is 15.8 Å². The number of hydrogen-bond donors (Lipinski definition) is 2. The Labute approximate surface area is 358 Å². The number of nitriles is 3. The van der Waals surface area contributed by atoms with Crippen LogP contribution in [0.25, 0.3) is 11.5 Å². The van der Waals surface area contributed by atoms with Crippen molar-refractivity contribution in [1.82, 2.24) is 0 Å². The number of ether oxygens (including phenoxy) is 2. The minimum absolute atomic E-state index is 0.0174. The number of nitrogens with zero attached hydrogens (tertiary/aromatic N) is 3. The molecule has 0 aliphatic heterocycles. The lowest BCUT2D eigenvalue weighted by atomic mass is 9.54. The predicted octanol–water partition coefficient (Wildman–Crippen LogP) is 11.3. The van der Waals surface area contributed by atoms with Crippen molar-refractivity contribution in [3.8, 4) is 29.7 Å². The molecule has 8 fully saturated rings. The first-order valence-electron chi connectivity index (χ1n) is 20.7. The summed E-state index contributed by atoms with van der Waals surface area (Å²) in [5.74, 6) is 8.12. The van der Waals surface area contributed by atoms with Gasteiger partial charge in [0.1, 0.15) is 17.3 Å². The summed E-state index contributed by atoms with van der Waals surface area (Å²) in [6, 6.07) is 16.3. The summed E-state index contributed by atoms with van der Waals surface area (Å²) < 4.78 is 41.1. The second-order valence-electron chi connectivity index (χ2n) is 16.6. The van der Waals surface area contributed by atoms with E-state index < -0.39 is 7.82 Å². The molecule has 2 N–H and O–H groups in total. The third-order valence-electron chi connectivity index (χ3n) is 12.7. The zero-order valence-corrected chi connectivity index (χ0v) is 36.2. The van der Waals surface area contributed by atoms with E-state index >= 15 is 0 Å². The first kappa shape index (κ1) is 44.8. The molecule has 8 saturated carbocycles. The summed E-state index contributed by atoms with van der Waals surface area (Å²) >= 11 is 12.3. The minimum atomic E-state index is -4.08. The summed E-state index contributed by atoms with van der Waals surface area (Å²) in [6.45, 7) is -0.274. The van der Waals surface area contributed by atoms with Gasteiger partial charge >= 0.3 is 7.82 Å². The molecule has 10 rings (SSSR count). The maximum absolute atomic E-state index is 13.1. The third-order valence-corrected chi connectivity index (χ3v) is 14.8. The second-order valence-corrected chi connectivity index (χ2v) is 19.0. The quantitative estimate of drug-likeness (QED) is 0.111. The van der Waals surface area contributed by atoms with Crippen LogP contribution >= 0.6 is 31.0 Å². The van der Waals surface area contributed by atoms with Crippen LogP contribution in [0.3, 0.4) is 0 Å². The molecule has 59 heavy (non-hydrogen) atoms. The Kier molecular flexibility index (Phi) is 15.7. The van der Waals surface area contributed by atoms with E-state index in [1.165, 1.54) is 75.4 Å². The van der Waals surface area contributed by atoms with Crippen LogP contribution in [0.15, 0.2) is 47.5 Å². The molecule has 0 unspecified atom stereocenters. The summed E-state index contributed by atoms with van der Waals surface area (Å²) in [7, 11) is -0.650. The molecule has 14 heteroatoms. The zero-order chi connectivity index (χ0) is 42.1. The molecule has 316 valence electrons. The Morgan fingerprint density at radius 1 is 0.661 bits per heavy atom. The van der Waals surface area contributed by atoms with Crippen molar-refractivity contribution in [2.45, 2.75) is 83.5 Å². The smallest absolute Gasteiger partial charge is 0.506 e. The number of aliphatic hydroxyl groups excluding tert-OH is 1. The predicted molar refractivity (Wildman–Crippen MR) is 224 cm³/mol. The number of allylic oxidation sites excluding steroid dienone is 2. The molecular weight excluding hydrogens is 812 g/mol. The Balaban J connectivity index is 0.000000191. The van der Waals surface area contributed by atoms with Crippen LogP contribution in [0.5, 0.6) is 11.5 Å². The van der Waals surface area contributed by atoms with Crippen molar-refractivity contribution in [2.75, 3.05) is 34.0 Å². The Morgan fingerprint density at radius 3 is 1.42 bits per heavy atom. The van der Waals surface area contributed by atoms with E-state index in [2.05, 4.69) is 0 Å². The number of rotatable bonds is 13. The SMILES string of the molecule is COC(=C1C2CC3CC(C2)CC1C3)c1ccc(Cl)c(O)c1.COC(=C1C2CC3CC(C2)CC1C3)c1ccc(Cl)c(OP(=O)(OCCC#N)OCCC#N)c1.N#CCCO. The van der Waals surface area contributed by atoms with E-state index in [1.54, 1.807) is 44.6 Å². The van der Waals surface area contributed by atoms with Gasteiger partial charge in [-0.25, -0.2) is 4.57 Å². The second kappa shape index (κ2) is 20.7. The minimum Gasteiger partial charge on any atom is -0.506 e. The van der Waals surface area contributed by atoms with Gasteiger partial charge in [0.25, 0.3) is 0 Å². The monoisotopic (exact) mass is 865 g/mol. The van der Waals surface area contributed by atoms with E-state index in [9.17, 15) is 9.67 Å². The van der Waals surface area contributed by atoms with E-state index in [0.717, 1.165) is 46.3 Å². The highest BCUT2D eigenvalue weighted by Crippen LogP contribution is 2.60. The molecule has 0 heterocycles. The van der Waals surface area contributed by atoms with Gasteiger partial charge < -0.3 is 24.2 Å². The molecular formula is C45H54Cl2N3O8P. The Morgan fingerprint density at radius 2 is 1.07 bits per heavy atom. The van der Waals surface area contributed by atoms with Crippen molar-refractivity contribution in [3.05, 3.63) is 68.7 Å². The molecule has 2 aromatic carbocycles. The fourth-order valence-electron chi connectivity index (χ4n) is 11.0. The number of halogens is 2. The number of phosphoric ester groups is 1. The van der Waals surface area contributed by atoms with Gasteiger partial charge in [-0.1, -0.05) is 23.2 Å². The first-order chi connectivity index (χ1) is 28.5. The number of phenolic OH excluding ortho intramolecular Hbond substituents is 1. The number of phenols is 1. The fraction of sp³-hybridized carbons (Fsp3) is 0.578. The molecule has 2 aromatic rings. The van der Waals surface area contributed by atoms with Gasteiger partial charge in [-0.2, -0.15) is 15.8 Å². The molecule has 0 saturated heterocycles. The molecule has 8 aliphatic rings. The highest BCUT2D eigenvalue weighted by atomic mass is 35.5. The van der Waals surface area contributed by atoms with Crippen molar-refractivity contribution in [2.24, 2.45) is 47.3 Å². The molecule has 0 amide bonds. The zero-order valence-electron chi connectivity index (χ0n) is 33.8. The molecule has 8 bridgehead atoms. The van der Waals surface area contributed by atoms with Crippen LogP contribution in [0.4, 0.5) is 0 Å². The summed E-state index contributed by atoms with van der Waals surface area (Å²) in [5.41, 5.74) is 4.66. The third kappa shape index (κ3) is 10.8. The van der Waals surface area contributed by atoms with Crippen LogP contribution < -0.4 is 4.52 Å². The van der Waals surface area contributed by atoms with Crippen LogP contribution in [0.1, 0.15) is 94.6 Å². The van der Waals surface area contributed by atoms with Crippen molar-refractivity contribution in [3.63, 3.8) is 0 Å². The lowest BCUT2D eigenvalue weighted by molar-refractivity contribution is 0.0674. The highest BCUT2D eigenvalue weighted by Gasteiger charge is 2.48. The summed E-state index contributed by atoms with van der Waals surface area (Å²) in [5, 5.41) is 43.5. The van der Waals surface area contributed by atoms with Gasteiger partial charge in [-0.3, -0.25) is 9.05 Å². The topological polar surface area (TPSA) is 175 Å². The van der Waals surface area contributed by atoms with E-state index in [1.807, 2.05) is 24.3 Å². The lowest BCUT2D eigenvalue weighted by Gasteiger charge is -2.51. The molecule has 0 spiro atoms. The van der Waals surface area contributed by atoms with Gasteiger partial charge in [0.15, 0.2) is 5.75 Å². The molecule has 0 atom stereocenters. The lowest BCUT2D eigenvalue weighted by Crippen LogP contribution is -2.40. The van der Waals surface area contributed by atoms with Gasteiger partial charge in [0, 0.05) is 11.1 Å².